The summed E-state index contributed by atoms with van der Waals surface area (Å²) in [6.07, 6.45) is 0.404. The van der Waals surface area contributed by atoms with Crippen molar-refractivity contribution in [3.05, 3.63) is 16.7 Å². The van der Waals surface area contributed by atoms with E-state index in [1.54, 1.807) is 13.8 Å². The highest BCUT2D eigenvalue weighted by atomic mass is 16.3. The van der Waals surface area contributed by atoms with Gasteiger partial charge in [0.05, 0.1) is 11.3 Å². The number of hydrogen-bond donors (Lipinski definition) is 3. The molecule has 1 fully saturated rings. The molecule has 1 aliphatic carbocycles. The quantitative estimate of drug-likeness (QED) is 0.408. The van der Waals surface area contributed by atoms with Gasteiger partial charge in [-0.1, -0.05) is 13.8 Å². The second kappa shape index (κ2) is 9.22. The largest absolute Gasteiger partial charge is 0.507 e. The van der Waals surface area contributed by atoms with Crippen LogP contribution in [0.5, 0.6) is 17.2 Å². The molecule has 174 valence electrons. The first kappa shape index (κ1) is 25.2. The number of carbonyl (C=O) groups excluding carboxylic acids is 5. The number of ketones is 5. The van der Waals surface area contributed by atoms with Gasteiger partial charge in [-0.15, -0.1) is 0 Å². The number of Topliss-reactive ketones (excluding diaryl/α,β-unsaturated/α-hetero) is 5. The number of rotatable bonds is 8. The third kappa shape index (κ3) is 4.06. The maximum Gasteiger partial charge on any atom is 0.170 e. The maximum absolute atomic E-state index is 13.1. The summed E-state index contributed by atoms with van der Waals surface area (Å²) in [5.74, 6) is -8.37. The monoisotopic (exact) mass is 446 g/mol. The Morgan fingerprint density at radius 3 is 1.97 bits per heavy atom. The van der Waals surface area contributed by atoms with E-state index in [1.165, 1.54) is 20.8 Å². The minimum absolute atomic E-state index is 0.00359. The standard InChI is InChI=1S/C24H30O8/c1-6-8-14(25)16-19(28)11(3)18(27)12(20(16)29)10-13-21(30)17(15(26)9-7-2)23(32)24(4,5)22(13)31/h13,17,27-29H,6-10H2,1-5H3. The summed E-state index contributed by atoms with van der Waals surface area (Å²) in [6, 6.07) is 0. The van der Waals surface area contributed by atoms with E-state index in [0.717, 1.165) is 0 Å². The number of hydrogen-bond acceptors (Lipinski definition) is 8. The predicted molar refractivity (Wildman–Crippen MR) is 115 cm³/mol. The summed E-state index contributed by atoms with van der Waals surface area (Å²) < 4.78 is 0. The van der Waals surface area contributed by atoms with Gasteiger partial charge in [0.2, 0.25) is 0 Å². The molecule has 0 spiro atoms. The number of aromatic hydroxyl groups is 3. The average molecular weight is 446 g/mol. The molecule has 8 nitrogen and oxygen atoms in total. The van der Waals surface area contributed by atoms with E-state index >= 15 is 0 Å². The zero-order valence-corrected chi connectivity index (χ0v) is 19.1. The molecule has 32 heavy (non-hydrogen) atoms. The van der Waals surface area contributed by atoms with E-state index in [1.807, 2.05) is 0 Å². The van der Waals surface area contributed by atoms with E-state index in [-0.39, 0.29) is 29.5 Å². The first-order chi connectivity index (χ1) is 14.8. The van der Waals surface area contributed by atoms with Gasteiger partial charge in [-0.05, 0) is 40.0 Å². The lowest BCUT2D eigenvalue weighted by atomic mass is 9.62. The van der Waals surface area contributed by atoms with E-state index in [4.69, 9.17) is 0 Å². The number of phenolic OH excluding ortho intramolecular Hbond substituents is 3. The third-order valence-electron chi connectivity index (χ3n) is 6.18. The van der Waals surface area contributed by atoms with Crippen molar-refractivity contribution < 1.29 is 39.3 Å². The molecule has 2 atom stereocenters. The molecule has 1 aromatic rings. The van der Waals surface area contributed by atoms with Crippen LogP contribution in [-0.2, 0) is 25.6 Å². The molecule has 0 amide bonds. The Balaban J connectivity index is 2.62. The van der Waals surface area contributed by atoms with Crippen LogP contribution in [0.2, 0.25) is 0 Å². The molecule has 1 aliphatic rings. The average Bonchev–Trinajstić information content (AvgIpc) is 2.71. The highest BCUT2D eigenvalue weighted by Crippen LogP contribution is 2.45. The summed E-state index contributed by atoms with van der Waals surface area (Å²) in [5, 5.41) is 31.6. The molecular formula is C24H30O8. The van der Waals surface area contributed by atoms with Gasteiger partial charge >= 0.3 is 0 Å². The Labute approximate surface area is 186 Å². The normalized spacial score (nSPS) is 20.5. The van der Waals surface area contributed by atoms with Crippen molar-refractivity contribution in [1.29, 1.82) is 0 Å². The second-order valence-corrected chi connectivity index (χ2v) is 8.86. The Morgan fingerprint density at radius 2 is 1.44 bits per heavy atom. The van der Waals surface area contributed by atoms with E-state index < -0.39 is 69.8 Å². The van der Waals surface area contributed by atoms with Gasteiger partial charge in [0, 0.05) is 24.0 Å². The van der Waals surface area contributed by atoms with Crippen LogP contribution in [0.25, 0.3) is 0 Å². The van der Waals surface area contributed by atoms with Crippen LogP contribution < -0.4 is 0 Å². The van der Waals surface area contributed by atoms with E-state index in [0.29, 0.717) is 12.8 Å². The molecule has 1 aromatic carbocycles. The van der Waals surface area contributed by atoms with Crippen molar-refractivity contribution in [2.75, 3.05) is 0 Å². The van der Waals surface area contributed by atoms with E-state index in [2.05, 4.69) is 0 Å². The summed E-state index contributed by atoms with van der Waals surface area (Å²) >= 11 is 0. The van der Waals surface area contributed by atoms with Crippen LogP contribution in [0.15, 0.2) is 0 Å². The lowest BCUT2D eigenvalue weighted by Gasteiger charge is -2.36. The van der Waals surface area contributed by atoms with Crippen molar-refractivity contribution in [2.45, 2.75) is 66.7 Å². The third-order valence-corrected chi connectivity index (χ3v) is 6.18. The first-order valence-corrected chi connectivity index (χ1v) is 10.8. The molecule has 2 unspecified atom stereocenters. The Kier molecular flexibility index (Phi) is 7.27. The fourth-order valence-electron chi connectivity index (χ4n) is 4.18. The molecule has 1 saturated carbocycles. The Hall–Kier alpha value is -3.03. The summed E-state index contributed by atoms with van der Waals surface area (Å²) in [7, 11) is 0. The molecule has 0 radical (unpaired) electrons. The number of phenols is 3. The number of carbonyl (C=O) groups is 5. The maximum atomic E-state index is 13.1. The summed E-state index contributed by atoms with van der Waals surface area (Å²) in [6.45, 7) is 7.50. The van der Waals surface area contributed by atoms with Crippen LogP contribution in [0, 0.1) is 24.2 Å². The predicted octanol–water partition coefficient (Wildman–Crippen LogP) is 2.99. The van der Waals surface area contributed by atoms with Crippen LogP contribution >= 0.6 is 0 Å². The van der Waals surface area contributed by atoms with Gasteiger partial charge in [-0.2, -0.15) is 0 Å². The van der Waals surface area contributed by atoms with Crippen molar-refractivity contribution in [2.24, 2.45) is 17.3 Å². The minimum Gasteiger partial charge on any atom is -0.507 e. The SMILES string of the molecule is CCCC(=O)c1c(O)c(C)c(O)c(CC2C(=O)C(C(=O)CCC)C(=O)C(C)(C)C2=O)c1O. The molecule has 0 bridgehead atoms. The van der Waals surface area contributed by atoms with Gasteiger partial charge in [0.1, 0.15) is 28.7 Å². The van der Waals surface area contributed by atoms with Crippen molar-refractivity contribution in [1.82, 2.24) is 0 Å². The summed E-state index contributed by atoms with van der Waals surface area (Å²) in [4.78, 5) is 63.9. The molecular weight excluding hydrogens is 416 g/mol. The molecule has 8 heteroatoms. The molecule has 2 rings (SSSR count). The van der Waals surface area contributed by atoms with Crippen LogP contribution in [-0.4, -0.2) is 44.2 Å². The van der Waals surface area contributed by atoms with Crippen LogP contribution in [0.1, 0.15) is 74.9 Å². The van der Waals surface area contributed by atoms with Crippen molar-refractivity contribution >= 4 is 28.9 Å². The Morgan fingerprint density at radius 1 is 0.875 bits per heavy atom. The molecule has 0 aromatic heterocycles. The van der Waals surface area contributed by atoms with Gasteiger partial charge in [-0.3, -0.25) is 24.0 Å². The lowest BCUT2D eigenvalue weighted by Crippen LogP contribution is -2.55. The minimum atomic E-state index is -1.61. The number of benzene rings is 1. The van der Waals surface area contributed by atoms with Crippen molar-refractivity contribution in [3.63, 3.8) is 0 Å². The fourth-order valence-corrected chi connectivity index (χ4v) is 4.18. The highest BCUT2D eigenvalue weighted by Gasteiger charge is 2.55. The van der Waals surface area contributed by atoms with Crippen molar-refractivity contribution in [3.8, 4) is 17.2 Å². The van der Waals surface area contributed by atoms with Gasteiger partial charge in [0.25, 0.3) is 0 Å². The fraction of sp³-hybridized carbons (Fsp3) is 0.542. The second-order valence-electron chi connectivity index (χ2n) is 8.86. The lowest BCUT2D eigenvalue weighted by molar-refractivity contribution is -0.157. The zero-order valence-electron chi connectivity index (χ0n) is 19.1. The first-order valence-electron chi connectivity index (χ1n) is 10.8. The van der Waals surface area contributed by atoms with Gasteiger partial charge in [0.15, 0.2) is 28.9 Å². The molecule has 0 saturated heterocycles. The zero-order chi connectivity index (χ0) is 24.5. The van der Waals surface area contributed by atoms with Gasteiger partial charge < -0.3 is 15.3 Å². The molecule has 0 heterocycles. The highest BCUT2D eigenvalue weighted by molar-refractivity contribution is 6.33. The Bertz CT molecular complexity index is 1000. The topological polar surface area (TPSA) is 146 Å². The molecule has 3 N–H and O–H groups in total. The van der Waals surface area contributed by atoms with Crippen LogP contribution in [0.3, 0.4) is 0 Å². The molecule has 0 aliphatic heterocycles. The van der Waals surface area contributed by atoms with Gasteiger partial charge in [-0.25, -0.2) is 0 Å². The smallest absolute Gasteiger partial charge is 0.170 e. The van der Waals surface area contributed by atoms with E-state index in [9.17, 15) is 39.3 Å². The van der Waals surface area contributed by atoms with Crippen LogP contribution in [0.4, 0.5) is 0 Å². The summed E-state index contributed by atoms with van der Waals surface area (Å²) in [5.41, 5.74) is -2.33.